The van der Waals surface area contributed by atoms with Crippen LogP contribution in [0.1, 0.15) is 15.5 Å². The predicted molar refractivity (Wildman–Crippen MR) is 117 cm³/mol. The third-order valence-electron chi connectivity index (χ3n) is 4.32. The van der Waals surface area contributed by atoms with Crippen molar-refractivity contribution in [2.45, 2.75) is 11.8 Å². The zero-order chi connectivity index (χ0) is 22.7. The van der Waals surface area contributed by atoms with Gasteiger partial charge in [-0.2, -0.15) is 0 Å². The lowest BCUT2D eigenvalue weighted by atomic mass is 10.3. The van der Waals surface area contributed by atoms with E-state index in [1.165, 1.54) is 30.7 Å². The van der Waals surface area contributed by atoms with E-state index in [0.717, 1.165) is 17.2 Å². The van der Waals surface area contributed by atoms with E-state index in [2.05, 4.69) is 24.6 Å². The molecular formula is C20H17N5O5S2. The highest BCUT2D eigenvalue weighted by Crippen LogP contribution is 2.27. The van der Waals surface area contributed by atoms with Gasteiger partial charge in [-0.25, -0.2) is 18.2 Å². The third-order valence-corrected chi connectivity index (χ3v) is 6.76. The molecule has 0 spiro atoms. The molecule has 0 radical (unpaired) electrons. The molecule has 0 atom stereocenters. The van der Waals surface area contributed by atoms with Gasteiger partial charge >= 0.3 is 5.97 Å². The number of hydrogen-bond donors (Lipinski definition) is 1. The van der Waals surface area contributed by atoms with Gasteiger partial charge in [-0.05, 0) is 48.7 Å². The molecule has 0 aliphatic carbocycles. The number of aryl methyl sites for hydroxylation is 1. The minimum atomic E-state index is -3.97. The fourth-order valence-electron chi connectivity index (χ4n) is 2.79. The molecule has 32 heavy (non-hydrogen) atoms. The van der Waals surface area contributed by atoms with E-state index in [1.807, 2.05) is 6.92 Å². The third kappa shape index (κ3) is 4.45. The van der Waals surface area contributed by atoms with Gasteiger partial charge in [-0.15, -0.1) is 21.5 Å². The van der Waals surface area contributed by atoms with E-state index < -0.39 is 16.0 Å². The van der Waals surface area contributed by atoms with Crippen molar-refractivity contribution in [3.8, 4) is 17.4 Å². The Kier molecular flexibility index (Phi) is 5.88. The number of anilines is 1. The van der Waals surface area contributed by atoms with Crippen molar-refractivity contribution >= 4 is 33.0 Å². The second-order valence-electron chi connectivity index (χ2n) is 6.41. The molecule has 0 aliphatic heterocycles. The molecule has 1 aromatic carbocycles. The molecule has 4 rings (SSSR count). The number of rotatable bonds is 7. The summed E-state index contributed by atoms with van der Waals surface area (Å²) in [7, 11) is -2.77. The summed E-state index contributed by atoms with van der Waals surface area (Å²) in [5.74, 6) is 1.41. The number of nitrogens with zero attached hydrogens (tertiary/aromatic N) is 4. The fraction of sp³-hybridized carbons (Fsp3) is 0.100. The summed E-state index contributed by atoms with van der Waals surface area (Å²) in [6, 6.07) is 11.0. The molecule has 1 N–H and O–H groups in total. The normalized spacial score (nSPS) is 11.2. The molecule has 164 valence electrons. The molecule has 0 unspecified atom stereocenters. The maximum absolute atomic E-state index is 12.7. The van der Waals surface area contributed by atoms with Crippen LogP contribution in [0.2, 0.25) is 0 Å². The number of carbonyl (C=O) groups excluding carboxylic acids is 1. The Hall–Kier alpha value is -3.77. The van der Waals surface area contributed by atoms with E-state index in [0.29, 0.717) is 17.3 Å². The fourth-order valence-corrected chi connectivity index (χ4v) is 5.18. The molecule has 0 bridgehead atoms. The zero-order valence-corrected chi connectivity index (χ0v) is 18.6. The number of esters is 1. The summed E-state index contributed by atoms with van der Waals surface area (Å²) in [4.78, 5) is 15.8. The Morgan fingerprint density at radius 2 is 1.88 bits per heavy atom. The van der Waals surface area contributed by atoms with Crippen LogP contribution in [0.5, 0.6) is 11.6 Å². The Morgan fingerprint density at radius 3 is 2.50 bits per heavy atom. The lowest BCUT2D eigenvalue weighted by molar-refractivity contribution is 0.0602. The number of thiophene rings is 1. The van der Waals surface area contributed by atoms with Gasteiger partial charge in [0.1, 0.15) is 21.3 Å². The zero-order valence-electron chi connectivity index (χ0n) is 16.9. The van der Waals surface area contributed by atoms with Gasteiger partial charge in [0.2, 0.25) is 5.88 Å². The van der Waals surface area contributed by atoms with Crippen molar-refractivity contribution in [1.29, 1.82) is 0 Å². The molecule has 4 aromatic rings. The first-order valence-electron chi connectivity index (χ1n) is 9.18. The predicted octanol–water partition coefficient (Wildman–Crippen LogP) is 3.41. The van der Waals surface area contributed by atoms with Crippen molar-refractivity contribution < 1.29 is 22.7 Å². The molecule has 0 saturated heterocycles. The molecule has 12 heteroatoms. The van der Waals surface area contributed by atoms with Crippen molar-refractivity contribution in [1.82, 2.24) is 19.7 Å². The average Bonchev–Trinajstić information content (AvgIpc) is 3.45. The highest BCUT2D eigenvalue weighted by Gasteiger charge is 2.24. The van der Waals surface area contributed by atoms with Crippen LogP contribution in [-0.2, 0) is 14.8 Å². The van der Waals surface area contributed by atoms with Crippen LogP contribution in [0.15, 0.2) is 65.1 Å². The number of imidazole rings is 1. The minimum Gasteiger partial charge on any atom is -0.465 e. The number of nitrogens with one attached hydrogen (secondary N) is 1. The van der Waals surface area contributed by atoms with Crippen LogP contribution in [0.25, 0.3) is 5.82 Å². The molecule has 3 heterocycles. The Balaban J connectivity index is 1.45. The molecule has 0 aliphatic rings. The van der Waals surface area contributed by atoms with Crippen molar-refractivity contribution in [3.05, 3.63) is 70.9 Å². The van der Waals surface area contributed by atoms with Crippen molar-refractivity contribution in [2.75, 3.05) is 11.8 Å². The van der Waals surface area contributed by atoms with Crippen LogP contribution >= 0.6 is 11.3 Å². The molecule has 3 aromatic heterocycles. The second-order valence-corrected chi connectivity index (χ2v) is 8.98. The van der Waals surface area contributed by atoms with E-state index in [9.17, 15) is 13.2 Å². The highest BCUT2D eigenvalue weighted by atomic mass is 32.2. The molecule has 0 amide bonds. The van der Waals surface area contributed by atoms with E-state index in [1.54, 1.807) is 41.2 Å². The van der Waals surface area contributed by atoms with Gasteiger partial charge in [0.15, 0.2) is 5.82 Å². The number of hydrogen-bond acceptors (Lipinski definition) is 9. The van der Waals surface area contributed by atoms with Crippen LogP contribution in [-0.4, -0.2) is 41.2 Å². The number of aromatic nitrogens is 4. The smallest absolute Gasteiger partial charge is 0.349 e. The van der Waals surface area contributed by atoms with E-state index >= 15 is 0 Å². The number of methoxy groups -OCH3 is 1. The molecular weight excluding hydrogens is 454 g/mol. The van der Waals surface area contributed by atoms with Crippen LogP contribution in [0.3, 0.4) is 0 Å². The summed E-state index contributed by atoms with van der Waals surface area (Å²) < 4.78 is 39.9. The minimum absolute atomic E-state index is 0.00728. The van der Waals surface area contributed by atoms with Crippen molar-refractivity contribution in [3.63, 3.8) is 0 Å². The first kappa shape index (κ1) is 21.5. The number of carbonyl (C=O) groups is 1. The maximum atomic E-state index is 12.7. The summed E-state index contributed by atoms with van der Waals surface area (Å²) >= 11 is 0.993. The van der Waals surface area contributed by atoms with E-state index in [4.69, 9.17) is 4.74 Å². The summed E-state index contributed by atoms with van der Waals surface area (Å²) in [6.07, 6.45) is 3.45. The van der Waals surface area contributed by atoms with Crippen molar-refractivity contribution in [2.24, 2.45) is 0 Å². The largest absolute Gasteiger partial charge is 0.465 e. The van der Waals surface area contributed by atoms with Gasteiger partial charge in [0, 0.05) is 24.1 Å². The topological polar surface area (TPSA) is 125 Å². The van der Waals surface area contributed by atoms with E-state index in [-0.39, 0.29) is 15.7 Å². The van der Waals surface area contributed by atoms with Gasteiger partial charge in [0.05, 0.1) is 7.11 Å². The monoisotopic (exact) mass is 471 g/mol. The first-order chi connectivity index (χ1) is 15.4. The summed E-state index contributed by atoms with van der Waals surface area (Å²) in [5.41, 5.74) is 0.302. The summed E-state index contributed by atoms with van der Waals surface area (Å²) in [5, 5.41) is 9.68. The van der Waals surface area contributed by atoms with Gasteiger partial charge < -0.3 is 9.47 Å². The maximum Gasteiger partial charge on any atom is 0.349 e. The number of benzene rings is 1. The quantitative estimate of drug-likeness (QED) is 0.407. The SMILES string of the molecule is COC(=O)c1sccc1S(=O)(=O)Nc1ccc(Oc2ccc(-n3ccnc3C)nn2)cc1. The molecule has 0 saturated carbocycles. The number of sulfonamides is 1. The Morgan fingerprint density at radius 1 is 1.09 bits per heavy atom. The number of ether oxygens (including phenoxy) is 2. The molecule has 10 nitrogen and oxygen atoms in total. The average molecular weight is 472 g/mol. The Bertz CT molecular complexity index is 1350. The Labute approximate surface area is 187 Å². The second kappa shape index (κ2) is 8.77. The standard InChI is InChI=1S/C20H17N5O5S2/c1-13-21-10-11-25(13)17-7-8-18(23-22-17)30-15-5-3-14(4-6-15)24-32(27,28)16-9-12-31-19(16)20(26)29-2/h3-12,24H,1-2H3. The first-order valence-corrected chi connectivity index (χ1v) is 11.5. The van der Waals surface area contributed by atoms with Gasteiger partial charge in [-0.3, -0.25) is 9.29 Å². The highest BCUT2D eigenvalue weighted by molar-refractivity contribution is 7.93. The van der Waals surface area contributed by atoms with Crippen LogP contribution in [0, 0.1) is 6.92 Å². The molecule has 0 fully saturated rings. The van der Waals surface area contributed by atoms with Crippen LogP contribution in [0.4, 0.5) is 5.69 Å². The lowest BCUT2D eigenvalue weighted by Crippen LogP contribution is -2.15. The van der Waals surface area contributed by atoms with Crippen LogP contribution < -0.4 is 9.46 Å². The summed E-state index contributed by atoms with van der Waals surface area (Å²) in [6.45, 7) is 1.86. The lowest BCUT2D eigenvalue weighted by Gasteiger charge is -2.10. The van der Waals surface area contributed by atoms with Gasteiger partial charge in [-0.1, -0.05) is 0 Å². The van der Waals surface area contributed by atoms with Gasteiger partial charge in [0.25, 0.3) is 10.0 Å².